The van der Waals surface area contributed by atoms with Crippen LogP contribution in [0.4, 0.5) is 24.7 Å². The summed E-state index contributed by atoms with van der Waals surface area (Å²) >= 11 is 0.657. The number of halogens is 3. The van der Waals surface area contributed by atoms with Gasteiger partial charge in [-0.3, -0.25) is 14.6 Å². The SMILES string of the molecule is Nc1nc(SCC(=O)[O-])[nH]c(=O)c1NC(=O)c1ccc(C(F)(F)F)cc1. The van der Waals surface area contributed by atoms with Crippen molar-refractivity contribution in [3.05, 3.63) is 45.7 Å². The molecule has 0 fully saturated rings. The summed E-state index contributed by atoms with van der Waals surface area (Å²) in [5, 5.41) is 12.4. The summed E-state index contributed by atoms with van der Waals surface area (Å²) in [5.74, 6) is -3.10. The van der Waals surface area contributed by atoms with Crippen molar-refractivity contribution in [2.24, 2.45) is 0 Å². The highest BCUT2D eigenvalue weighted by molar-refractivity contribution is 7.99. The molecule has 2 aromatic rings. The number of nitrogens with one attached hydrogen (secondary N) is 2. The number of nitrogens with two attached hydrogens (primary N) is 1. The molecule has 138 valence electrons. The fraction of sp³-hybridized carbons (Fsp3) is 0.143. The molecular formula is C14H10F3N4O4S-. The molecule has 0 unspecified atom stereocenters. The molecule has 1 amide bonds. The molecule has 0 saturated heterocycles. The van der Waals surface area contributed by atoms with E-state index in [0.717, 1.165) is 24.3 Å². The molecule has 0 atom stereocenters. The first-order chi connectivity index (χ1) is 12.1. The molecule has 0 aliphatic heterocycles. The molecule has 0 aliphatic rings. The molecule has 12 heteroatoms. The van der Waals surface area contributed by atoms with Crippen LogP contribution in [-0.2, 0) is 11.0 Å². The van der Waals surface area contributed by atoms with Gasteiger partial charge in [0, 0.05) is 11.3 Å². The highest BCUT2D eigenvalue weighted by atomic mass is 32.2. The number of hydrogen-bond acceptors (Lipinski definition) is 7. The molecule has 2 rings (SSSR count). The first kappa shape index (κ1) is 19.3. The number of anilines is 2. The number of nitrogen functional groups attached to an aromatic ring is 1. The molecule has 0 spiro atoms. The summed E-state index contributed by atoms with van der Waals surface area (Å²) in [6.07, 6.45) is -4.54. The van der Waals surface area contributed by atoms with Crippen LogP contribution in [0.5, 0.6) is 0 Å². The summed E-state index contributed by atoms with van der Waals surface area (Å²) in [6.45, 7) is 0. The molecular weight excluding hydrogens is 377 g/mol. The highest BCUT2D eigenvalue weighted by Crippen LogP contribution is 2.29. The van der Waals surface area contributed by atoms with Crippen molar-refractivity contribution in [1.82, 2.24) is 9.97 Å². The Bertz CT molecular complexity index is 897. The Kier molecular flexibility index (Phi) is 5.55. The molecule has 0 aliphatic carbocycles. The van der Waals surface area contributed by atoms with Gasteiger partial charge < -0.3 is 21.0 Å². The number of aromatic nitrogens is 2. The van der Waals surface area contributed by atoms with Crippen LogP contribution in [0, 0.1) is 0 Å². The van der Waals surface area contributed by atoms with Crippen LogP contribution >= 0.6 is 11.8 Å². The Labute approximate surface area is 147 Å². The molecule has 26 heavy (non-hydrogen) atoms. The standard InChI is InChI=1S/C14H11F3N4O4S/c15-14(16,17)7-3-1-6(2-4-7)11(24)19-9-10(18)20-13(21-12(9)25)26-5-8(22)23/h1-4H,5H2,(H,19,24)(H,22,23)(H3,18,20,21,25)/p-1. The lowest BCUT2D eigenvalue weighted by Gasteiger charge is -2.10. The van der Waals surface area contributed by atoms with Gasteiger partial charge in [-0.1, -0.05) is 11.8 Å². The van der Waals surface area contributed by atoms with Gasteiger partial charge in [0.1, 0.15) is 5.69 Å². The minimum absolute atomic E-state index is 0.0933. The summed E-state index contributed by atoms with van der Waals surface area (Å²) in [4.78, 5) is 40.3. The highest BCUT2D eigenvalue weighted by Gasteiger charge is 2.30. The summed E-state index contributed by atoms with van der Waals surface area (Å²) in [5.41, 5.74) is 3.25. The number of benzene rings is 1. The van der Waals surface area contributed by atoms with E-state index in [-0.39, 0.29) is 16.5 Å². The van der Waals surface area contributed by atoms with Crippen LogP contribution < -0.4 is 21.7 Å². The van der Waals surface area contributed by atoms with Crippen molar-refractivity contribution in [2.75, 3.05) is 16.8 Å². The second-order valence-corrected chi connectivity index (χ2v) is 5.79. The number of H-pyrrole nitrogens is 1. The van der Waals surface area contributed by atoms with Crippen molar-refractivity contribution in [2.45, 2.75) is 11.3 Å². The third kappa shape index (κ3) is 4.75. The molecule has 1 heterocycles. The van der Waals surface area contributed by atoms with Crippen molar-refractivity contribution >= 4 is 35.1 Å². The molecule has 4 N–H and O–H groups in total. The van der Waals surface area contributed by atoms with E-state index >= 15 is 0 Å². The first-order valence-corrected chi connectivity index (χ1v) is 7.77. The number of nitrogens with zero attached hydrogens (tertiary/aromatic N) is 1. The second-order valence-electron chi connectivity index (χ2n) is 4.82. The third-order valence-electron chi connectivity index (χ3n) is 2.97. The summed E-state index contributed by atoms with van der Waals surface area (Å²) in [7, 11) is 0. The number of carbonyl (C=O) groups excluding carboxylic acids is 2. The zero-order valence-electron chi connectivity index (χ0n) is 12.7. The van der Waals surface area contributed by atoms with Gasteiger partial charge in [-0.2, -0.15) is 13.2 Å². The van der Waals surface area contributed by atoms with Crippen LogP contribution in [0.3, 0.4) is 0 Å². The topological polar surface area (TPSA) is 141 Å². The van der Waals surface area contributed by atoms with E-state index in [2.05, 4.69) is 15.3 Å². The van der Waals surface area contributed by atoms with E-state index in [1.54, 1.807) is 0 Å². The molecule has 0 saturated carbocycles. The smallest absolute Gasteiger partial charge is 0.416 e. The number of carboxylic acid groups (broad SMARTS) is 1. The molecule has 1 aromatic heterocycles. The monoisotopic (exact) mass is 387 g/mol. The van der Waals surface area contributed by atoms with Crippen LogP contribution in [0.1, 0.15) is 15.9 Å². The maximum atomic E-state index is 12.5. The average Bonchev–Trinajstić information content (AvgIpc) is 2.55. The number of amides is 1. The minimum atomic E-state index is -4.54. The quantitative estimate of drug-likeness (QED) is 0.500. The number of thioether (sulfide) groups is 1. The number of aromatic amines is 1. The molecule has 0 bridgehead atoms. The average molecular weight is 387 g/mol. The van der Waals surface area contributed by atoms with E-state index in [9.17, 15) is 32.7 Å². The lowest BCUT2D eigenvalue weighted by Crippen LogP contribution is -2.25. The lowest BCUT2D eigenvalue weighted by molar-refractivity contribution is -0.301. The number of alkyl halides is 3. The van der Waals surface area contributed by atoms with E-state index in [4.69, 9.17) is 5.73 Å². The van der Waals surface area contributed by atoms with E-state index in [0.29, 0.717) is 11.8 Å². The fourth-order valence-corrected chi connectivity index (χ4v) is 2.36. The van der Waals surface area contributed by atoms with Crippen molar-refractivity contribution in [3.8, 4) is 0 Å². The van der Waals surface area contributed by atoms with Gasteiger partial charge in [-0.25, -0.2) is 4.98 Å². The second kappa shape index (κ2) is 7.47. The first-order valence-electron chi connectivity index (χ1n) is 6.79. The zero-order valence-corrected chi connectivity index (χ0v) is 13.5. The molecule has 1 aromatic carbocycles. The van der Waals surface area contributed by atoms with Gasteiger partial charge in [-0.15, -0.1) is 0 Å². The Morgan fingerprint density at radius 2 is 1.88 bits per heavy atom. The number of carboxylic acids is 1. The van der Waals surface area contributed by atoms with Gasteiger partial charge in [0.05, 0.1) is 11.5 Å². The number of rotatable bonds is 5. The number of hydrogen-bond donors (Lipinski definition) is 3. The lowest BCUT2D eigenvalue weighted by atomic mass is 10.1. The zero-order chi connectivity index (χ0) is 19.5. The van der Waals surface area contributed by atoms with E-state index < -0.39 is 40.6 Å². The Balaban J connectivity index is 2.18. The van der Waals surface area contributed by atoms with Crippen LogP contribution in [0.15, 0.2) is 34.2 Å². The van der Waals surface area contributed by atoms with E-state index in [1.165, 1.54) is 0 Å². The van der Waals surface area contributed by atoms with Crippen LogP contribution in [-0.4, -0.2) is 27.6 Å². The van der Waals surface area contributed by atoms with Gasteiger partial charge in [0.25, 0.3) is 11.5 Å². The Hall–Kier alpha value is -3.02. The van der Waals surface area contributed by atoms with Crippen molar-refractivity contribution in [1.29, 1.82) is 0 Å². The van der Waals surface area contributed by atoms with Crippen molar-refractivity contribution < 1.29 is 27.9 Å². The summed E-state index contributed by atoms with van der Waals surface area (Å²) in [6, 6.07) is 3.33. The largest absolute Gasteiger partial charge is 0.549 e. The van der Waals surface area contributed by atoms with Gasteiger partial charge in [0.15, 0.2) is 11.0 Å². The molecule has 8 nitrogen and oxygen atoms in total. The third-order valence-corrected chi connectivity index (χ3v) is 3.81. The molecule has 0 radical (unpaired) electrons. The van der Waals surface area contributed by atoms with Gasteiger partial charge in [-0.05, 0) is 24.3 Å². The van der Waals surface area contributed by atoms with Crippen LogP contribution in [0.25, 0.3) is 0 Å². The fourth-order valence-electron chi connectivity index (χ4n) is 1.78. The van der Waals surface area contributed by atoms with Gasteiger partial charge in [0.2, 0.25) is 0 Å². The summed E-state index contributed by atoms with van der Waals surface area (Å²) < 4.78 is 37.5. The Morgan fingerprint density at radius 1 is 1.27 bits per heavy atom. The maximum Gasteiger partial charge on any atom is 0.416 e. The number of aliphatic carboxylic acids is 1. The van der Waals surface area contributed by atoms with Crippen LogP contribution in [0.2, 0.25) is 0 Å². The maximum absolute atomic E-state index is 12.5. The van der Waals surface area contributed by atoms with Crippen molar-refractivity contribution in [3.63, 3.8) is 0 Å². The minimum Gasteiger partial charge on any atom is -0.549 e. The van der Waals surface area contributed by atoms with Gasteiger partial charge >= 0.3 is 6.18 Å². The van der Waals surface area contributed by atoms with E-state index in [1.807, 2.05) is 0 Å². The predicted molar refractivity (Wildman–Crippen MR) is 84.4 cm³/mol. The normalized spacial score (nSPS) is 11.2. The predicted octanol–water partition coefficient (Wildman–Crippen LogP) is 0.465. The number of carbonyl (C=O) groups is 2. The Morgan fingerprint density at radius 3 is 2.38 bits per heavy atom.